The Labute approximate surface area is 209 Å². The van der Waals surface area contributed by atoms with Crippen LogP contribution in [0.1, 0.15) is 36.1 Å². The van der Waals surface area contributed by atoms with Crippen LogP contribution in [0.5, 0.6) is 17.2 Å². The van der Waals surface area contributed by atoms with Gasteiger partial charge in [-0.25, -0.2) is 4.98 Å². The molecule has 0 bridgehead atoms. The third kappa shape index (κ3) is 4.88. The Kier molecular flexibility index (Phi) is 7.53. The van der Waals surface area contributed by atoms with Crippen LogP contribution in [-0.4, -0.2) is 37.4 Å². The van der Waals surface area contributed by atoms with Gasteiger partial charge >= 0.3 is 0 Å². The Balaban J connectivity index is 1.84. The molecule has 36 heavy (non-hydrogen) atoms. The minimum atomic E-state index is -0.936. The predicted molar refractivity (Wildman–Crippen MR) is 130 cm³/mol. The number of H-pyrrole nitrogens is 1. The van der Waals surface area contributed by atoms with Gasteiger partial charge in [0.25, 0.3) is 5.91 Å². The van der Waals surface area contributed by atoms with E-state index in [9.17, 15) is 14.7 Å². The van der Waals surface area contributed by atoms with E-state index in [0.717, 1.165) is 12.0 Å². The van der Waals surface area contributed by atoms with Crippen LogP contribution in [0, 0.1) is 0 Å². The number of rotatable bonds is 9. The van der Waals surface area contributed by atoms with Gasteiger partial charge in [-0.3, -0.25) is 9.59 Å². The molecule has 0 radical (unpaired) electrons. The quantitative estimate of drug-likeness (QED) is 0.261. The average Bonchev–Trinajstić information content (AvgIpc) is 3.16. The van der Waals surface area contributed by atoms with Gasteiger partial charge in [-0.05, 0) is 42.3 Å². The molecule has 1 amide bonds. The number of pyridine rings is 1. The van der Waals surface area contributed by atoms with Crippen molar-refractivity contribution in [2.24, 2.45) is 0 Å². The molecule has 0 aliphatic carbocycles. The number of hydrogen-bond donors (Lipinski definition) is 0. The van der Waals surface area contributed by atoms with E-state index in [2.05, 4.69) is 4.98 Å². The van der Waals surface area contributed by atoms with Gasteiger partial charge in [-0.2, -0.15) is 0 Å². The molecule has 1 aliphatic heterocycles. The number of amides is 1. The number of ether oxygens (including phenoxy) is 3. The molecule has 1 aromatic heterocycles. The maximum Gasteiger partial charge on any atom is 0.295 e. The topological polar surface area (TPSA) is 102 Å². The monoisotopic (exact) mass is 488 g/mol. The van der Waals surface area contributed by atoms with Gasteiger partial charge in [0.15, 0.2) is 12.4 Å². The van der Waals surface area contributed by atoms with E-state index in [1.165, 1.54) is 19.1 Å². The number of benzene rings is 2. The van der Waals surface area contributed by atoms with Crippen molar-refractivity contribution in [2.45, 2.75) is 25.9 Å². The number of hydrogen-bond acceptors (Lipinski definition) is 6. The minimum Gasteiger partial charge on any atom is -0.872 e. The van der Waals surface area contributed by atoms with Crippen LogP contribution < -0.4 is 24.3 Å². The van der Waals surface area contributed by atoms with Crippen molar-refractivity contribution in [1.29, 1.82) is 0 Å². The number of methoxy groups -OCH3 is 2. The standard InChI is InChI=1S/C28H28N2O6/c1-4-14-36-20-9-7-19(8-10-20)26(31)24-25(22-12-11-21(34-2)15-23(22)35-3)30(28(33)27(24)32)17-18-6-5-13-29-16-18/h5-13,15-16,25,31H,4,14,17H2,1-3H3/b26-24+. The lowest BCUT2D eigenvalue weighted by atomic mass is 9.94. The summed E-state index contributed by atoms with van der Waals surface area (Å²) in [5.41, 5.74) is 1.47. The van der Waals surface area contributed by atoms with Crippen LogP contribution in [-0.2, 0) is 16.1 Å². The molecule has 1 aliphatic rings. The van der Waals surface area contributed by atoms with Crippen LogP contribution in [0.25, 0.3) is 5.76 Å². The molecule has 1 saturated heterocycles. The smallest absolute Gasteiger partial charge is 0.295 e. The lowest BCUT2D eigenvalue weighted by molar-refractivity contribution is -0.378. The number of Topliss-reactive ketones (excluding diaryl/α,β-unsaturated/α-hetero) is 1. The van der Waals surface area contributed by atoms with E-state index in [1.807, 2.05) is 13.0 Å². The summed E-state index contributed by atoms with van der Waals surface area (Å²) >= 11 is 0. The van der Waals surface area contributed by atoms with Crippen molar-refractivity contribution < 1.29 is 33.9 Å². The third-order valence-electron chi connectivity index (χ3n) is 5.98. The van der Waals surface area contributed by atoms with Crippen molar-refractivity contribution in [2.75, 3.05) is 20.8 Å². The third-order valence-corrected chi connectivity index (χ3v) is 5.98. The largest absolute Gasteiger partial charge is 0.872 e. The normalized spacial score (nSPS) is 16.8. The molecule has 186 valence electrons. The van der Waals surface area contributed by atoms with E-state index in [-0.39, 0.29) is 12.1 Å². The fourth-order valence-electron chi connectivity index (χ4n) is 4.20. The van der Waals surface area contributed by atoms with E-state index in [4.69, 9.17) is 14.2 Å². The van der Waals surface area contributed by atoms with E-state index in [0.29, 0.717) is 35.0 Å². The van der Waals surface area contributed by atoms with Gasteiger partial charge in [0.05, 0.1) is 33.4 Å². The minimum absolute atomic E-state index is 0.120. The zero-order valence-electron chi connectivity index (χ0n) is 20.4. The van der Waals surface area contributed by atoms with Gasteiger partial charge in [-0.1, -0.05) is 24.8 Å². The fraction of sp³-hybridized carbons (Fsp3) is 0.250. The van der Waals surface area contributed by atoms with Gasteiger partial charge in [0, 0.05) is 28.8 Å². The number of ketones is 1. The molecule has 3 aromatic rings. The second-order valence-corrected chi connectivity index (χ2v) is 8.30. The van der Waals surface area contributed by atoms with E-state index < -0.39 is 23.5 Å². The zero-order valence-corrected chi connectivity index (χ0v) is 20.4. The highest BCUT2D eigenvalue weighted by Gasteiger charge is 2.45. The van der Waals surface area contributed by atoms with Crippen molar-refractivity contribution in [1.82, 2.24) is 4.90 Å². The number of carbonyl (C=O) groups excluding carboxylic acids is 2. The molecule has 0 spiro atoms. The van der Waals surface area contributed by atoms with Gasteiger partial charge in [0.2, 0.25) is 5.78 Å². The summed E-state index contributed by atoms with van der Waals surface area (Å²) in [6, 6.07) is 14.4. The Morgan fingerprint density at radius 3 is 2.42 bits per heavy atom. The van der Waals surface area contributed by atoms with Crippen LogP contribution in [0.15, 0.2) is 72.6 Å². The summed E-state index contributed by atoms with van der Waals surface area (Å²) < 4.78 is 16.5. The summed E-state index contributed by atoms with van der Waals surface area (Å²) in [5, 5.41) is 13.7. The summed E-state index contributed by atoms with van der Waals surface area (Å²) in [7, 11) is 3.02. The molecule has 0 saturated carbocycles. The van der Waals surface area contributed by atoms with Crippen LogP contribution in [0.2, 0.25) is 0 Å². The first kappa shape index (κ1) is 24.8. The highest BCUT2D eigenvalue weighted by Crippen LogP contribution is 2.43. The molecule has 1 unspecified atom stereocenters. The number of nitrogens with one attached hydrogen (secondary N) is 1. The first-order chi connectivity index (χ1) is 17.5. The highest BCUT2D eigenvalue weighted by molar-refractivity contribution is 6.46. The van der Waals surface area contributed by atoms with Crippen molar-refractivity contribution in [3.05, 3.63) is 89.3 Å². The molecule has 4 rings (SSSR count). The number of aromatic nitrogens is 1. The van der Waals surface area contributed by atoms with E-state index >= 15 is 0 Å². The molecule has 1 N–H and O–H groups in total. The molecule has 2 heterocycles. The van der Waals surface area contributed by atoms with Gasteiger partial charge < -0.3 is 24.2 Å². The van der Waals surface area contributed by atoms with Crippen molar-refractivity contribution in [3.8, 4) is 17.2 Å². The maximum absolute atomic E-state index is 13.7. The molecule has 1 atom stereocenters. The van der Waals surface area contributed by atoms with Gasteiger partial charge in [-0.15, -0.1) is 0 Å². The Morgan fingerprint density at radius 1 is 1.03 bits per heavy atom. The SMILES string of the molecule is CCCOc1ccc(/C([O-])=C2\C(=O)C(=O)N(Cc3ccc[nH+]c3)C2c2ccc(OC)cc2OC)cc1. The van der Waals surface area contributed by atoms with Crippen LogP contribution >= 0.6 is 0 Å². The molecule has 1 fully saturated rings. The van der Waals surface area contributed by atoms with E-state index in [1.54, 1.807) is 60.9 Å². The first-order valence-electron chi connectivity index (χ1n) is 11.6. The molecular formula is C28H28N2O6. The number of nitrogens with zero attached hydrogens (tertiary/aromatic N) is 1. The second kappa shape index (κ2) is 10.9. The molecule has 2 aromatic carbocycles. The lowest BCUT2D eigenvalue weighted by Crippen LogP contribution is -2.29. The Hall–Kier alpha value is -4.33. The summed E-state index contributed by atoms with van der Waals surface area (Å²) in [4.78, 5) is 30.9. The first-order valence-corrected chi connectivity index (χ1v) is 11.6. The van der Waals surface area contributed by atoms with Crippen LogP contribution in [0.3, 0.4) is 0 Å². The van der Waals surface area contributed by atoms with Crippen molar-refractivity contribution in [3.63, 3.8) is 0 Å². The Bertz CT molecular complexity index is 1270. The predicted octanol–water partition coefficient (Wildman–Crippen LogP) is 2.73. The van der Waals surface area contributed by atoms with Crippen LogP contribution in [0.4, 0.5) is 0 Å². The number of likely N-dealkylation sites (tertiary alicyclic amines) is 1. The Morgan fingerprint density at radius 2 is 1.78 bits per heavy atom. The summed E-state index contributed by atoms with van der Waals surface area (Å²) in [6.45, 7) is 2.69. The summed E-state index contributed by atoms with van der Waals surface area (Å²) in [6.07, 6.45) is 4.35. The molecular weight excluding hydrogens is 460 g/mol. The highest BCUT2D eigenvalue weighted by atomic mass is 16.5. The lowest BCUT2D eigenvalue weighted by Gasteiger charge is -2.28. The second-order valence-electron chi connectivity index (χ2n) is 8.30. The molecule has 8 heteroatoms. The zero-order chi connectivity index (χ0) is 25.7. The fourth-order valence-corrected chi connectivity index (χ4v) is 4.20. The van der Waals surface area contributed by atoms with Gasteiger partial charge in [0.1, 0.15) is 17.2 Å². The van der Waals surface area contributed by atoms with Crippen molar-refractivity contribution >= 4 is 17.4 Å². The molecule has 8 nitrogen and oxygen atoms in total. The number of aromatic amines is 1. The number of carbonyl (C=O) groups is 2. The maximum atomic E-state index is 13.7. The average molecular weight is 489 g/mol. The summed E-state index contributed by atoms with van der Waals surface area (Å²) in [5.74, 6) is -0.504.